The van der Waals surface area contributed by atoms with Crippen molar-refractivity contribution in [2.75, 3.05) is 0 Å². The third-order valence-electron chi connectivity index (χ3n) is 3.09. The zero-order valence-corrected chi connectivity index (χ0v) is 12.6. The number of carbonyl (C=O) groups is 1. The molecule has 1 aliphatic rings. The molecule has 1 aliphatic heterocycles. The summed E-state index contributed by atoms with van der Waals surface area (Å²) in [4.78, 5) is 16.0. The van der Waals surface area contributed by atoms with E-state index in [-0.39, 0.29) is 17.4 Å². The molecular formula is C18H11ClFNO2. The highest BCUT2D eigenvalue weighted by Crippen LogP contribution is 2.20. The van der Waals surface area contributed by atoms with Gasteiger partial charge in [0.15, 0.2) is 5.70 Å². The average Bonchev–Trinajstić information content (AvgIpc) is 2.90. The van der Waals surface area contributed by atoms with Crippen molar-refractivity contribution >= 4 is 29.5 Å². The van der Waals surface area contributed by atoms with Gasteiger partial charge in [-0.1, -0.05) is 41.9 Å². The Hall–Kier alpha value is -2.72. The summed E-state index contributed by atoms with van der Waals surface area (Å²) < 4.78 is 18.0. The van der Waals surface area contributed by atoms with Gasteiger partial charge in [-0.25, -0.2) is 14.2 Å². The second-order valence-corrected chi connectivity index (χ2v) is 5.22. The molecule has 0 unspecified atom stereocenters. The lowest BCUT2D eigenvalue weighted by Crippen LogP contribution is -2.05. The highest BCUT2D eigenvalue weighted by molar-refractivity contribution is 6.33. The highest BCUT2D eigenvalue weighted by Gasteiger charge is 2.24. The van der Waals surface area contributed by atoms with Crippen LogP contribution in [0.25, 0.3) is 6.08 Å². The second kappa shape index (κ2) is 6.58. The SMILES string of the molecule is O=C1OC(c2ccc(F)cc2)=N/C1=C/C(Cl)=C/c1ccccc1. The summed E-state index contributed by atoms with van der Waals surface area (Å²) in [6, 6.07) is 15.0. The van der Waals surface area contributed by atoms with Crippen LogP contribution in [0.1, 0.15) is 11.1 Å². The van der Waals surface area contributed by atoms with E-state index < -0.39 is 5.97 Å². The molecule has 0 saturated heterocycles. The van der Waals surface area contributed by atoms with E-state index in [1.807, 2.05) is 30.3 Å². The first-order valence-corrected chi connectivity index (χ1v) is 7.20. The molecule has 0 bridgehead atoms. The van der Waals surface area contributed by atoms with E-state index in [2.05, 4.69) is 4.99 Å². The van der Waals surface area contributed by atoms with Crippen molar-refractivity contribution in [3.8, 4) is 0 Å². The normalized spacial score (nSPS) is 16.4. The third-order valence-corrected chi connectivity index (χ3v) is 3.31. The van der Waals surface area contributed by atoms with Gasteiger partial charge in [0.05, 0.1) is 0 Å². The largest absolute Gasteiger partial charge is 0.402 e. The van der Waals surface area contributed by atoms with Crippen LogP contribution < -0.4 is 0 Å². The number of aliphatic imine (C=N–C) groups is 1. The number of allylic oxidation sites excluding steroid dienone is 2. The number of benzene rings is 2. The number of rotatable bonds is 3. The Bertz CT molecular complexity index is 824. The molecule has 114 valence electrons. The van der Waals surface area contributed by atoms with Crippen molar-refractivity contribution in [2.24, 2.45) is 4.99 Å². The standard InChI is InChI=1S/C18H11ClFNO2/c19-14(10-12-4-2-1-3-5-12)11-16-18(22)23-17(21-16)13-6-8-15(20)9-7-13/h1-11H/b14-10-,16-11+. The maximum atomic E-state index is 12.9. The van der Waals surface area contributed by atoms with Gasteiger partial charge in [0, 0.05) is 10.6 Å². The van der Waals surface area contributed by atoms with Gasteiger partial charge in [-0.2, -0.15) is 0 Å². The molecule has 3 rings (SSSR count). The molecule has 5 heteroatoms. The van der Waals surface area contributed by atoms with Gasteiger partial charge in [-0.15, -0.1) is 0 Å². The Morgan fingerprint density at radius 2 is 1.78 bits per heavy atom. The third kappa shape index (κ3) is 3.73. The first-order chi connectivity index (χ1) is 11.1. The molecule has 0 amide bonds. The van der Waals surface area contributed by atoms with Crippen LogP contribution in [-0.4, -0.2) is 11.9 Å². The number of ether oxygens (including phenoxy) is 1. The van der Waals surface area contributed by atoms with Crippen LogP contribution >= 0.6 is 11.6 Å². The van der Waals surface area contributed by atoms with E-state index in [1.54, 1.807) is 6.08 Å². The topological polar surface area (TPSA) is 38.7 Å². The number of nitrogens with zero attached hydrogens (tertiary/aromatic N) is 1. The smallest absolute Gasteiger partial charge is 0.363 e. The number of cyclic esters (lactones) is 1. The molecular weight excluding hydrogens is 317 g/mol. The molecule has 0 atom stereocenters. The summed E-state index contributed by atoms with van der Waals surface area (Å²) in [5.74, 6) is -0.836. The van der Waals surface area contributed by atoms with Crippen molar-refractivity contribution in [1.29, 1.82) is 0 Å². The molecule has 0 radical (unpaired) electrons. The van der Waals surface area contributed by atoms with Gasteiger partial charge in [0.1, 0.15) is 5.82 Å². The maximum absolute atomic E-state index is 12.9. The van der Waals surface area contributed by atoms with Gasteiger partial charge in [-0.3, -0.25) is 0 Å². The van der Waals surface area contributed by atoms with E-state index in [9.17, 15) is 9.18 Å². The van der Waals surface area contributed by atoms with Crippen LogP contribution in [0.4, 0.5) is 4.39 Å². The molecule has 0 spiro atoms. The van der Waals surface area contributed by atoms with Crippen LogP contribution in [0.15, 0.2) is 76.4 Å². The minimum absolute atomic E-state index is 0.0986. The highest BCUT2D eigenvalue weighted by atomic mass is 35.5. The number of hydrogen-bond donors (Lipinski definition) is 0. The minimum Gasteiger partial charge on any atom is -0.402 e. The fourth-order valence-electron chi connectivity index (χ4n) is 2.01. The van der Waals surface area contributed by atoms with E-state index in [1.165, 1.54) is 30.3 Å². The lowest BCUT2D eigenvalue weighted by Gasteiger charge is -1.98. The summed E-state index contributed by atoms with van der Waals surface area (Å²) in [7, 11) is 0. The predicted octanol–water partition coefficient (Wildman–Crippen LogP) is 4.29. The van der Waals surface area contributed by atoms with Crippen molar-refractivity contribution in [3.05, 3.63) is 88.3 Å². The number of esters is 1. The minimum atomic E-state index is -0.594. The van der Waals surface area contributed by atoms with Crippen LogP contribution in [-0.2, 0) is 9.53 Å². The molecule has 0 fully saturated rings. The fourth-order valence-corrected chi connectivity index (χ4v) is 2.24. The van der Waals surface area contributed by atoms with E-state index in [0.717, 1.165) is 5.56 Å². The zero-order chi connectivity index (χ0) is 16.2. The molecule has 1 heterocycles. The number of halogens is 2. The number of hydrogen-bond acceptors (Lipinski definition) is 3. The van der Waals surface area contributed by atoms with Gasteiger partial charge < -0.3 is 4.74 Å². The summed E-state index contributed by atoms with van der Waals surface area (Å²) in [5, 5.41) is 0.354. The monoisotopic (exact) mass is 327 g/mol. The van der Waals surface area contributed by atoms with Gasteiger partial charge in [0.25, 0.3) is 0 Å². The molecule has 0 aliphatic carbocycles. The van der Waals surface area contributed by atoms with E-state index in [4.69, 9.17) is 16.3 Å². The van der Waals surface area contributed by atoms with Crippen molar-refractivity contribution in [2.45, 2.75) is 0 Å². The van der Waals surface area contributed by atoms with Gasteiger partial charge in [0.2, 0.25) is 5.90 Å². The Kier molecular flexibility index (Phi) is 4.35. The molecule has 23 heavy (non-hydrogen) atoms. The van der Waals surface area contributed by atoms with Gasteiger partial charge in [-0.05, 0) is 42.0 Å². The van der Waals surface area contributed by atoms with Crippen LogP contribution in [0.5, 0.6) is 0 Å². The lowest BCUT2D eigenvalue weighted by molar-refractivity contribution is -0.130. The summed E-state index contributed by atoms with van der Waals surface area (Å²) in [5.41, 5.74) is 1.52. The van der Waals surface area contributed by atoms with Crippen LogP contribution in [0, 0.1) is 5.82 Å². The molecule has 3 nitrogen and oxygen atoms in total. The number of carbonyl (C=O) groups excluding carboxylic acids is 1. The molecule has 0 saturated carbocycles. The Balaban J connectivity index is 1.86. The summed E-state index contributed by atoms with van der Waals surface area (Å²) >= 11 is 6.13. The first-order valence-electron chi connectivity index (χ1n) is 6.82. The summed E-state index contributed by atoms with van der Waals surface area (Å²) in [6.45, 7) is 0. The second-order valence-electron chi connectivity index (χ2n) is 4.78. The quantitative estimate of drug-likeness (QED) is 0.623. The van der Waals surface area contributed by atoms with Crippen LogP contribution in [0.2, 0.25) is 0 Å². The lowest BCUT2D eigenvalue weighted by atomic mass is 10.2. The molecule has 0 N–H and O–H groups in total. The fraction of sp³-hybridized carbons (Fsp3) is 0. The van der Waals surface area contributed by atoms with Crippen molar-refractivity contribution < 1.29 is 13.9 Å². The zero-order valence-electron chi connectivity index (χ0n) is 11.9. The van der Waals surface area contributed by atoms with Crippen molar-refractivity contribution in [3.63, 3.8) is 0 Å². The van der Waals surface area contributed by atoms with Crippen molar-refractivity contribution in [1.82, 2.24) is 0 Å². The Labute approximate surface area is 137 Å². The predicted molar refractivity (Wildman–Crippen MR) is 87.4 cm³/mol. The van der Waals surface area contributed by atoms with Gasteiger partial charge >= 0.3 is 5.97 Å². The average molecular weight is 328 g/mol. The Morgan fingerprint density at radius 3 is 2.48 bits per heavy atom. The van der Waals surface area contributed by atoms with E-state index >= 15 is 0 Å². The Morgan fingerprint density at radius 1 is 1.09 bits per heavy atom. The van der Waals surface area contributed by atoms with Crippen LogP contribution in [0.3, 0.4) is 0 Å². The molecule has 2 aromatic carbocycles. The van der Waals surface area contributed by atoms with E-state index in [0.29, 0.717) is 10.6 Å². The first kappa shape index (κ1) is 15.2. The maximum Gasteiger partial charge on any atom is 0.363 e. The molecule has 2 aromatic rings. The molecule has 0 aromatic heterocycles. The summed E-state index contributed by atoms with van der Waals surface area (Å²) in [6.07, 6.45) is 3.15.